The summed E-state index contributed by atoms with van der Waals surface area (Å²) in [6, 6.07) is 1.49. The molecule has 0 saturated heterocycles. The van der Waals surface area contributed by atoms with Crippen LogP contribution in [0.2, 0.25) is 5.28 Å². The third-order valence-electron chi connectivity index (χ3n) is 3.34. The SMILES string of the molecule is O=C1CCC(n2ccc3cnc(Cl)nc32)C(F)C1. The average Bonchev–Trinajstić information content (AvgIpc) is 2.72. The number of carbonyl (C=O) groups is 1. The predicted octanol–water partition coefficient (Wildman–Crippen LogP) is 2.72. The minimum absolute atomic E-state index is 0.0108. The first-order valence-corrected chi connectivity index (χ1v) is 6.18. The number of carbonyl (C=O) groups excluding carboxylic acids is 1. The van der Waals surface area contributed by atoms with Gasteiger partial charge in [-0.25, -0.2) is 9.37 Å². The Morgan fingerprint density at radius 1 is 1.50 bits per heavy atom. The summed E-state index contributed by atoms with van der Waals surface area (Å²) in [5, 5.41) is 0.966. The molecule has 0 spiro atoms. The van der Waals surface area contributed by atoms with E-state index in [-0.39, 0.29) is 23.5 Å². The predicted molar refractivity (Wildman–Crippen MR) is 65.3 cm³/mol. The van der Waals surface area contributed by atoms with Crippen molar-refractivity contribution < 1.29 is 9.18 Å². The number of ketones is 1. The molecular formula is C12H11ClFN3O. The van der Waals surface area contributed by atoms with Gasteiger partial charge in [-0.2, -0.15) is 4.98 Å². The van der Waals surface area contributed by atoms with E-state index in [1.807, 2.05) is 6.07 Å². The summed E-state index contributed by atoms with van der Waals surface area (Å²) >= 11 is 5.76. The Labute approximate surface area is 108 Å². The van der Waals surface area contributed by atoms with Crippen LogP contribution < -0.4 is 0 Å². The molecule has 0 bridgehead atoms. The number of aromatic nitrogens is 3. The van der Waals surface area contributed by atoms with Gasteiger partial charge < -0.3 is 4.57 Å². The third kappa shape index (κ3) is 1.88. The number of halogens is 2. The molecular weight excluding hydrogens is 257 g/mol. The van der Waals surface area contributed by atoms with Gasteiger partial charge >= 0.3 is 0 Å². The first-order valence-electron chi connectivity index (χ1n) is 5.80. The summed E-state index contributed by atoms with van der Waals surface area (Å²) in [6.07, 6.45) is 3.15. The quantitative estimate of drug-likeness (QED) is 0.747. The lowest BCUT2D eigenvalue weighted by atomic mass is 9.92. The summed E-state index contributed by atoms with van der Waals surface area (Å²) in [7, 11) is 0. The number of hydrogen-bond donors (Lipinski definition) is 0. The standard InChI is InChI=1S/C12H11ClFN3O/c13-12-15-6-7-3-4-17(11(7)16-12)10-2-1-8(18)5-9(10)14/h3-4,6,9-10H,1-2,5H2. The van der Waals surface area contributed by atoms with E-state index in [9.17, 15) is 9.18 Å². The number of alkyl halides is 1. The molecule has 1 aliphatic carbocycles. The second kappa shape index (κ2) is 4.31. The van der Waals surface area contributed by atoms with Crippen molar-refractivity contribution in [1.29, 1.82) is 0 Å². The smallest absolute Gasteiger partial charge is 0.224 e. The molecule has 2 atom stereocenters. The second-order valence-electron chi connectivity index (χ2n) is 4.51. The van der Waals surface area contributed by atoms with Crippen LogP contribution in [0.25, 0.3) is 11.0 Å². The van der Waals surface area contributed by atoms with Crippen molar-refractivity contribution in [3.05, 3.63) is 23.7 Å². The van der Waals surface area contributed by atoms with Crippen LogP contribution >= 0.6 is 11.6 Å². The van der Waals surface area contributed by atoms with Crippen LogP contribution in [-0.4, -0.2) is 26.5 Å². The zero-order valence-electron chi connectivity index (χ0n) is 9.51. The highest BCUT2D eigenvalue weighted by Crippen LogP contribution is 2.32. The number of rotatable bonds is 1. The van der Waals surface area contributed by atoms with Crippen molar-refractivity contribution in [1.82, 2.24) is 14.5 Å². The van der Waals surface area contributed by atoms with Crippen LogP contribution in [-0.2, 0) is 4.79 Å². The van der Waals surface area contributed by atoms with Crippen LogP contribution in [0.3, 0.4) is 0 Å². The summed E-state index contributed by atoms with van der Waals surface area (Å²) < 4.78 is 15.7. The molecule has 4 nitrogen and oxygen atoms in total. The average molecular weight is 268 g/mol. The summed E-state index contributed by atoms with van der Waals surface area (Å²) in [5.74, 6) is -0.0112. The molecule has 2 unspecified atom stereocenters. The van der Waals surface area contributed by atoms with Crippen LogP contribution in [0.15, 0.2) is 18.5 Å². The van der Waals surface area contributed by atoms with Gasteiger partial charge in [0.1, 0.15) is 17.6 Å². The lowest BCUT2D eigenvalue weighted by molar-refractivity contribution is -0.122. The molecule has 0 amide bonds. The molecule has 1 aliphatic rings. The minimum Gasteiger partial charge on any atom is -0.326 e. The summed E-state index contributed by atoms with van der Waals surface area (Å²) in [6.45, 7) is 0. The maximum absolute atomic E-state index is 14.0. The lowest BCUT2D eigenvalue weighted by Crippen LogP contribution is -2.28. The molecule has 2 heterocycles. The fraction of sp³-hybridized carbons (Fsp3) is 0.417. The van der Waals surface area contributed by atoms with E-state index >= 15 is 0 Å². The van der Waals surface area contributed by atoms with E-state index in [0.717, 1.165) is 5.39 Å². The fourth-order valence-corrected chi connectivity index (χ4v) is 2.57. The number of nitrogens with zero attached hydrogens (tertiary/aromatic N) is 3. The van der Waals surface area contributed by atoms with Gasteiger partial charge in [0.25, 0.3) is 0 Å². The molecule has 0 aromatic carbocycles. The molecule has 0 radical (unpaired) electrons. The van der Waals surface area contributed by atoms with E-state index in [0.29, 0.717) is 18.5 Å². The highest BCUT2D eigenvalue weighted by Gasteiger charge is 2.31. The first kappa shape index (κ1) is 11.6. The van der Waals surface area contributed by atoms with E-state index in [1.165, 1.54) is 0 Å². The van der Waals surface area contributed by atoms with Crippen molar-refractivity contribution in [2.75, 3.05) is 0 Å². The largest absolute Gasteiger partial charge is 0.326 e. The van der Waals surface area contributed by atoms with Crippen LogP contribution in [0.1, 0.15) is 25.3 Å². The molecule has 2 aromatic rings. The van der Waals surface area contributed by atoms with E-state index < -0.39 is 6.17 Å². The molecule has 0 N–H and O–H groups in total. The van der Waals surface area contributed by atoms with Gasteiger partial charge in [-0.05, 0) is 24.1 Å². The molecule has 94 valence electrons. The maximum atomic E-state index is 14.0. The van der Waals surface area contributed by atoms with Crippen LogP contribution in [0, 0.1) is 0 Å². The Morgan fingerprint density at radius 2 is 2.33 bits per heavy atom. The maximum Gasteiger partial charge on any atom is 0.224 e. The highest BCUT2D eigenvalue weighted by atomic mass is 35.5. The Hall–Kier alpha value is -1.49. The molecule has 3 rings (SSSR count). The molecule has 2 aromatic heterocycles. The zero-order valence-corrected chi connectivity index (χ0v) is 10.3. The van der Waals surface area contributed by atoms with Crippen molar-refractivity contribution >= 4 is 28.4 Å². The van der Waals surface area contributed by atoms with Crippen molar-refractivity contribution in [2.24, 2.45) is 0 Å². The summed E-state index contributed by atoms with van der Waals surface area (Å²) in [4.78, 5) is 19.2. The fourth-order valence-electron chi connectivity index (χ4n) is 2.44. The van der Waals surface area contributed by atoms with E-state index in [4.69, 9.17) is 11.6 Å². The van der Waals surface area contributed by atoms with E-state index in [1.54, 1.807) is 17.0 Å². The van der Waals surface area contributed by atoms with Crippen molar-refractivity contribution in [3.8, 4) is 0 Å². The second-order valence-corrected chi connectivity index (χ2v) is 4.84. The Bertz CT molecular complexity index is 612. The van der Waals surface area contributed by atoms with Crippen molar-refractivity contribution in [3.63, 3.8) is 0 Å². The van der Waals surface area contributed by atoms with Crippen LogP contribution in [0.5, 0.6) is 0 Å². The molecule has 1 saturated carbocycles. The zero-order chi connectivity index (χ0) is 12.7. The van der Waals surface area contributed by atoms with Gasteiger partial charge in [0.05, 0.1) is 6.04 Å². The van der Waals surface area contributed by atoms with Crippen molar-refractivity contribution in [2.45, 2.75) is 31.5 Å². The number of fused-ring (bicyclic) bond motifs is 1. The monoisotopic (exact) mass is 267 g/mol. The van der Waals surface area contributed by atoms with Gasteiger partial charge in [0, 0.05) is 30.6 Å². The molecule has 6 heteroatoms. The lowest BCUT2D eigenvalue weighted by Gasteiger charge is -2.26. The van der Waals surface area contributed by atoms with Gasteiger partial charge in [-0.3, -0.25) is 4.79 Å². The Balaban J connectivity index is 2.03. The number of hydrogen-bond acceptors (Lipinski definition) is 3. The third-order valence-corrected chi connectivity index (χ3v) is 3.52. The van der Waals surface area contributed by atoms with Gasteiger partial charge in [-0.15, -0.1) is 0 Å². The van der Waals surface area contributed by atoms with Gasteiger partial charge in [0.15, 0.2) is 0 Å². The Morgan fingerprint density at radius 3 is 3.11 bits per heavy atom. The summed E-state index contributed by atoms with van der Waals surface area (Å²) in [5.41, 5.74) is 0.622. The number of Topliss-reactive ketones (excluding diaryl/α,β-unsaturated/α-hetero) is 1. The van der Waals surface area contributed by atoms with Gasteiger partial charge in [0.2, 0.25) is 5.28 Å². The normalized spacial score (nSPS) is 24.7. The topological polar surface area (TPSA) is 47.8 Å². The molecule has 1 fully saturated rings. The molecule has 18 heavy (non-hydrogen) atoms. The minimum atomic E-state index is -1.16. The highest BCUT2D eigenvalue weighted by molar-refractivity contribution is 6.28. The van der Waals surface area contributed by atoms with Gasteiger partial charge in [-0.1, -0.05) is 0 Å². The molecule has 0 aliphatic heterocycles. The van der Waals surface area contributed by atoms with Crippen LogP contribution in [0.4, 0.5) is 4.39 Å². The Kier molecular flexibility index (Phi) is 2.78. The van der Waals surface area contributed by atoms with E-state index in [2.05, 4.69) is 9.97 Å². The first-order chi connectivity index (χ1) is 8.65.